The number of hydrogen-bond acceptors (Lipinski definition) is 3. The zero-order chi connectivity index (χ0) is 14.2. The molecule has 1 aliphatic heterocycles. The van der Waals surface area contributed by atoms with Crippen LogP contribution in [0.4, 0.5) is 0 Å². The number of ether oxygens (including phenoxy) is 1. The van der Waals surface area contributed by atoms with Crippen molar-refractivity contribution in [1.29, 1.82) is 0 Å². The van der Waals surface area contributed by atoms with Crippen LogP contribution in [0.15, 0.2) is 0 Å². The third-order valence-corrected chi connectivity index (χ3v) is 6.54. The largest absolute Gasteiger partial charge is 0.389 e. The fraction of sp³-hybridized carbons (Fsp3) is 1.00. The quantitative estimate of drug-likeness (QED) is 0.846. The van der Waals surface area contributed by atoms with Gasteiger partial charge >= 0.3 is 0 Å². The van der Waals surface area contributed by atoms with E-state index in [9.17, 15) is 5.11 Å². The van der Waals surface area contributed by atoms with E-state index in [1.807, 2.05) is 0 Å². The van der Waals surface area contributed by atoms with Crippen molar-refractivity contribution >= 4 is 0 Å². The molecule has 0 unspecified atom stereocenters. The Morgan fingerprint density at radius 1 is 0.905 bits per heavy atom. The first-order valence-corrected chi connectivity index (χ1v) is 9.30. The molecule has 1 heterocycles. The predicted octanol–water partition coefficient (Wildman–Crippen LogP) is 2.67. The number of aliphatic hydroxyl groups excluding tert-OH is 1. The smallest absolute Gasteiger partial charge is 0.0900 e. The minimum Gasteiger partial charge on any atom is -0.389 e. The monoisotopic (exact) mass is 293 g/mol. The van der Waals surface area contributed by atoms with Crippen LogP contribution in [-0.2, 0) is 4.74 Å². The average molecular weight is 293 g/mol. The molecule has 5 fully saturated rings. The Labute approximate surface area is 129 Å². The van der Waals surface area contributed by atoms with Crippen molar-refractivity contribution in [3.8, 4) is 0 Å². The highest BCUT2D eigenvalue weighted by molar-refractivity contribution is 4.99. The molecule has 0 amide bonds. The van der Waals surface area contributed by atoms with Crippen molar-refractivity contribution in [2.75, 3.05) is 26.2 Å². The Morgan fingerprint density at radius 2 is 1.52 bits per heavy atom. The summed E-state index contributed by atoms with van der Waals surface area (Å²) in [5, 5.41) is 10.3. The Balaban J connectivity index is 1.25. The van der Waals surface area contributed by atoms with Crippen LogP contribution >= 0.6 is 0 Å². The first-order chi connectivity index (χ1) is 10.3. The maximum absolute atomic E-state index is 10.3. The normalized spacial score (nSPS) is 44.1. The van der Waals surface area contributed by atoms with Crippen molar-refractivity contribution in [3.63, 3.8) is 0 Å². The van der Waals surface area contributed by atoms with E-state index in [-0.39, 0.29) is 6.10 Å². The van der Waals surface area contributed by atoms with Crippen molar-refractivity contribution in [1.82, 2.24) is 4.90 Å². The third kappa shape index (κ3) is 3.16. The summed E-state index contributed by atoms with van der Waals surface area (Å²) in [5.74, 6) is 3.63. The van der Waals surface area contributed by atoms with Gasteiger partial charge in [0.1, 0.15) is 0 Å². The summed E-state index contributed by atoms with van der Waals surface area (Å²) in [6.45, 7) is 3.70. The Hall–Kier alpha value is -0.120. The average Bonchev–Trinajstić information content (AvgIpc) is 2.47. The Kier molecular flexibility index (Phi) is 4.25. The highest BCUT2D eigenvalue weighted by atomic mass is 16.5. The van der Waals surface area contributed by atoms with E-state index in [2.05, 4.69) is 4.90 Å². The molecule has 3 nitrogen and oxygen atoms in total. The number of rotatable bonds is 5. The van der Waals surface area contributed by atoms with E-state index in [1.165, 1.54) is 51.4 Å². The summed E-state index contributed by atoms with van der Waals surface area (Å²) >= 11 is 0. The van der Waals surface area contributed by atoms with Gasteiger partial charge in [-0.1, -0.05) is 6.42 Å². The van der Waals surface area contributed by atoms with Crippen molar-refractivity contribution < 1.29 is 9.84 Å². The standard InChI is InChI=1S/C18H31NO2/c20-17(11-19-4-2-1-3-5-19)12-21-18-15-7-13-6-14(9-15)10-16(18)8-13/h13-18,20H,1-12H2/t13?,14?,15?,16?,17-,18?/m0/s1. The van der Waals surface area contributed by atoms with Crippen LogP contribution in [-0.4, -0.2) is 48.5 Å². The maximum Gasteiger partial charge on any atom is 0.0900 e. The third-order valence-electron chi connectivity index (χ3n) is 6.54. The lowest BCUT2D eigenvalue weighted by Crippen LogP contribution is -2.50. The van der Waals surface area contributed by atoms with Crippen molar-refractivity contribution in [3.05, 3.63) is 0 Å². The fourth-order valence-electron chi connectivity index (χ4n) is 5.86. The molecule has 1 N–H and O–H groups in total. The van der Waals surface area contributed by atoms with Gasteiger partial charge in [-0.2, -0.15) is 0 Å². The van der Waals surface area contributed by atoms with E-state index in [4.69, 9.17) is 4.74 Å². The lowest BCUT2D eigenvalue weighted by molar-refractivity contribution is -0.141. The molecule has 3 heteroatoms. The second-order valence-corrected chi connectivity index (χ2v) is 8.24. The van der Waals surface area contributed by atoms with Gasteiger partial charge in [0.2, 0.25) is 0 Å². The molecule has 0 aromatic heterocycles. The van der Waals surface area contributed by atoms with Gasteiger partial charge in [-0.25, -0.2) is 0 Å². The first kappa shape index (κ1) is 14.5. The van der Waals surface area contributed by atoms with Gasteiger partial charge in [0.25, 0.3) is 0 Å². The van der Waals surface area contributed by atoms with Gasteiger partial charge in [-0.05, 0) is 81.7 Å². The Morgan fingerprint density at radius 3 is 2.14 bits per heavy atom. The molecule has 0 aromatic rings. The molecular formula is C18H31NO2. The topological polar surface area (TPSA) is 32.7 Å². The van der Waals surface area contributed by atoms with Gasteiger partial charge in [-0.3, -0.25) is 0 Å². The number of nitrogens with zero attached hydrogens (tertiary/aromatic N) is 1. The first-order valence-electron chi connectivity index (χ1n) is 9.30. The predicted molar refractivity (Wildman–Crippen MR) is 83.1 cm³/mol. The molecular weight excluding hydrogens is 262 g/mol. The van der Waals surface area contributed by atoms with Crippen LogP contribution in [0.1, 0.15) is 51.4 Å². The molecule has 4 saturated carbocycles. The van der Waals surface area contributed by atoms with Crippen LogP contribution in [0.25, 0.3) is 0 Å². The van der Waals surface area contributed by atoms with Gasteiger partial charge < -0.3 is 14.7 Å². The second-order valence-electron chi connectivity index (χ2n) is 8.24. The summed E-state index contributed by atoms with van der Waals surface area (Å²) in [4.78, 5) is 2.41. The summed E-state index contributed by atoms with van der Waals surface area (Å²) in [5.41, 5.74) is 0. The molecule has 5 rings (SSSR count). The van der Waals surface area contributed by atoms with E-state index in [0.717, 1.165) is 43.3 Å². The lowest BCUT2D eigenvalue weighted by atomic mass is 9.55. The van der Waals surface area contributed by atoms with Crippen molar-refractivity contribution in [2.45, 2.75) is 63.6 Å². The Bertz CT molecular complexity index is 325. The summed E-state index contributed by atoms with van der Waals surface area (Å²) in [7, 11) is 0. The molecule has 4 aliphatic carbocycles. The molecule has 120 valence electrons. The van der Waals surface area contributed by atoms with Gasteiger partial charge in [0, 0.05) is 6.54 Å². The molecule has 5 aliphatic rings. The van der Waals surface area contributed by atoms with Crippen LogP contribution < -0.4 is 0 Å². The van der Waals surface area contributed by atoms with Crippen molar-refractivity contribution in [2.24, 2.45) is 23.7 Å². The summed E-state index contributed by atoms with van der Waals surface area (Å²) in [6, 6.07) is 0. The van der Waals surface area contributed by atoms with E-state index >= 15 is 0 Å². The van der Waals surface area contributed by atoms with Gasteiger partial charge in [-0.15, -0.1) is 0 Å². The van der Waals surface area contributed by atoms with E-state index < -0.39 is 0 Å². The minimum atomic E-state index is -0.291. The zero-order valence-electron chi connectivity index (χ0n) is 13.3. The zero-order valence-corrected chi connectivity index (χ0v) is 13.3. The fourth-order valence-corrected chi connectivity index (χ4v) is 5.86. The molecule has 1 atom stereocenters. The number of likely N-dealkylation sites (tertiary alicyclic amines) is 1. The van der Waals surface area contributed by atoms with E-state index in [0.29, 0.717) is 12.7 Å². The van der Waals surface area contributed by atoms with Gasteiger partial charge in [0.05, 0.1) is 18.8 Å². The van der Waals surface area contributed by atoms with Crippen LogP contribution in [0.2, 0.25) is 0 Å². The molecule has 1 saturated heterocycles. The minimum absolute atomic E-state index is 0.291. The SMILES string of the molecule is O[C@H](COC1C2CC3CC(C2)CC1C3)CN1CCCCC1. The summed E-state index contributed by atoms with van der Waals surface area (Å²) in [6.07, 6.45) is 11.2. The summed E-state index contributed by atoms with van der Waals surface area (Å²) < 4.78 is 6.25. The number of piperidine rings is 1. The molecule has 0 radical (unpaired) electrons. The molecule has 0 spiro atoms. The second kappa shape index (κ2) is 6.17. The van der Waals surface area contributed by atoms with E-state index in [1.54, 1.807) is 0 Å². The maximum atomic E-state index is 10.3. The van der Waals surface area contributed by atoms with Crippen LogP contribution in [0.5, 0.6) is 0 Å². The number of hydrogen-bond donors (Lipinski definition) is 1. The molecule has 0 aromatic carbocycles. The van der Waals surface area contributed by atoms with Crippen LogP contribution in [0, 0.1) is 23.7 Å². The number of β-amino-alcohol motifs (C(OH)–C–C–N with tert-alkyl or cyclic N) is 1. The lowest BCUT2D eigenvalue weighted by Gasteiger charge is -2.54. The number of aliphatic hydroxyl groups is 1. The van der Waals surface area contributed by atoms with Gasteiger partial charge in [0.15, 0.2) is 0 Å². The highest BCUT2D eigenvalue weighted by Crippen LogP contribution is 2.54. The molecule has 21 heavy (non-hydrogen) atoms. The molecule has 4 bridgehead atoms. The van der Waals surface area contributed by atoms with Crippen LogP contribution in [0.3, 0.4) is 0 Å². The highest BCUT2D eigenvalue weighted by Gasteiger charge is 2.48.